The van der Waals surface area contributed by atoms with Gasteiger partial charge in [-0.1, -0.05) is 133 Å². The van der Waals surface area contributed by atoms with Crippen LogP contribution < -0.4 is 17.2 Å². The molecule has 0 aliphatic rings. The first kappa shape index (κ1) is 63.0. The molecular formula is C70H61Br2N7O10. The monoisotopic (exact) mass is 1320 g/mol. The van der Waals surface area contributed by atoms with Crippen LogP contribution >= 0.6 is 31.9 Å². The number of phenols is 4. The second-order valence-corrected chi connectivity index (χ2v) is 22.7. The number of ketones is 3. The van der Waals surface area contributed by atoms with Gasteiger partial charge in [0.15, 0.2) is 0 Å². The highest BCUT2D eigenvalue weighted by molar-refractivity contribution is 9.11. The largest absolute Gasteiger partial charge is 0.507 e. The van der Waals surface area contributed by atoms with Crippen LogP contribution in [-0.4, -0.2) is 73.8 Å². The Morgan fingerprint density at radius 3 is 1.19 bits per heavy atom. The minimum atomic E-state index is -1.05. The molecular weight excluding hydrogens is 1260 g/mol. The normalized spacial score (nSPS) is 10.9. The number of hydrogen-bond acceptors (Lipinski definition) is 10. The van der Waals surface area contributed by atoms with Gasteiger partial charge in [-0.25, -0.2) is 0 Å². The van der Waals surface area contributed by atoms with Crippen molar-refractivity contribution in [1.29, 1.82) is 0 Å². The highest BCUT2D eigenvalue weighted by Crippen LogP contribution is 2.41. The Kier molecular flexibility index (Phi) is 19.1. The van der Waals surface area contributed by atoms with E-state index in [1.165, 1.54) is 17.7 Å². The molecule has 0 aliphatic carbocycles. The number of primary amides is 3. The molecule has 17 nitrogen and oxygen atoms in total. The molecule has 0 atom stereocenters. The van der Waals surface area contributed by atoms with Crippen molar-refractivity contribution in [3.05, 3.63) is 259 Å². The molecule has 12 rings (SSSR count). The fourth-order valence-corrected chi connectivity index (χ4v) is 11.9. The van der Waals surface area contributed by atoms with Crippen LogP contribution in [0.1, 0.15) is 76.1 Å². The van der Waals surface area contributed by atoms with E-state index in [4.69, 9.17) is 17.2 Å². The Morgan fingerprint density at radius 2 is 0.730 bits per heavy atom. The number of halogens is 2. The minimum Gasteiger partial charge on any atom is -0.507 e. The summed E-state index contributed by atoms with van der Waals surface area (Å²) in [6.45, 7) is 9.67. The lowest BCUT2D eigenvalue weighted by Crippen LogP contribution is -2.23. The number of phenolic OH excluding ortho intramolecular Hbond substituents is 4. The number of rotatable bonds is 14. The van der Waals surface area contributed by atoms with E-state index in [-0.39, 0.29) is 33.9 Å². The van der Waals surface area contributed by atoms with E-state index in [1.54, 1.807) is 51.1 Å². The molecule has 10 N–H and O–H groups in total. The molecule has 12 aromatic rings. The van der Waals surface area contributed by atoms with E-state index in [9.17, 15) is 49.2 Å². The van der Waals surface area contributed by atoms with Gasteiger partial charge in [-0.2, -0.15) is 0 Å². The number of nitrogens with zero attached hydrogens (tertiary/aromatic N) is 4. The first-order valence-electron chi connectivity index (χ1n) is 27.9. The number of fused-ring (bicyclic) bond motifs is 4. The van der Waals surface area contributed by atoms with E-state index in [2.05, 4.69) is 55.5 Å². The predicted octanol–water partition coefficient (Wildman–Crippen LogP) is 12.3. The number of carbonyl (C=O) groups excluding carboxylic acids is 6. The zero-order valence-electron chi connectivity index (χ0n) is 48.7. The summed E-state index contributed by atoms with van der Waals surface area (Å²) in [4.78, 5) is 71.0. The lowest BCUT2D eigenvalue weighted by Gasteiger charge is -2.10. The maximum atomic E-state index is 12.3. The first-order chi connectivity index (χ1) is 42.6. The maximum absolute atomic E-state index is 12.3. The Balaban J connectivity index is 0.000000142. The SMILES string of the molecule is Cc1c(C(=O)C(N)=O)c2c(O)c(Br)ccc2n1Cc1ccccc1.Cc1c(C(=O)C(N)=O)c2c(O)ccc(Br)c2n1Cc1ccccc1.Cc1c(C(=O)C(N)=O)c2c(O)cccc2n1Cc1ccccc1.Cc1cc2c(O)cccc2n1Cc1ccccc1. The molecule has 19 heteroatoms. The van der Waals surface area contributed by atoms with Crippen molar-refractivity contribution >= 4 is 111 Å². The van der Waals surface area contributed by atoms with Gasteiger partial charge in [0.2, 0.25) is 0 Å². The van der Waals surface area contributed by atoms with E-state index in [0.29, 0.717) is 79.6 Å². The Morgan fingerprint density at radius 1 is 0.371 bits per heavy atom. The summed E-state index contributed by atoms with van der Waals surface area (Å²) in [6.07, 6.45) is 0. The lowest BCUT2D eigenvalue weighted by molar-refractivity contribution is -0.114. The summed E-state index contributed by atoms with van der Waals surface area (Å²) in [5, 5.41) is 42.7. The van der Waals surface area contributed by atoms with Crippen LogP contribution in [0.25, 0.3) is 43.6 Å². The van der Waals surface area contributed by atoms with Crippen molar-refractivity contribution in [2.45, 2.75) is 53.9 Å². The fraction of sp³-hybridized carbons (Fsp3) is 0.114. The fourth-order valence-electron chi connectivity index (χ4n) is 11.1. The molecule has 0 spiro atoms. The minimum absolute atomic E-state index is 0.0398. The highest BCUT2D eigenvalue weighted by atomic mass is 79.9. The van der Waals surface area contributed by atoms with Crippen LogP contribution in [0.15, 0.2) is 197 Å². The second-order valence-electron chi connectivity index (χ2n) is 21.0. The summed E-state index contributed by atoms with van der Waals surface area (Å²) in [5.74, 6) is -5.36. The van der Waals surface area contributed by atoms with Crippen molar-refractivity contribution in [3.8, 4) is 23.0 Å². The van der Waals surface area contributed by atoms with Crippen molar-refractivity contribution in [1.82, 2.24) is 18.3 Å². The number of carbonyl (C=O) groups is 6. The average molecular weight is 1320 g/mol. The van der Waals surface area contributed by atoms with E-state index in [1.807, 2.05) is 147 Å². The Bertz CT molecular complexity index is 4680. The number of hydrogen-bond donors (Lipinski definition) is 7. The molecule has 89 heavy (non-hydrogen) atoms. The van der Waals surface area contributed by atoms with Gasteiger partial charge in [0.25, 0.3) is 35.1 Å². The van der Waals surface area contributed by atoms with E-state index >= 15 is 0 Å². The van der Waals surface area contributed by atoms with Gasteiger partial charge in [-0.3, -0.25) is 28.8 Å². The van der Waals surface area contributed by atoms with E-state index < -0.39 is 35.1 Å². The van der Waals surface area contributed by atoms with Crippen LogP contribution in [0.3, 0.4) is 0 Å². The molecule has 0 saturated carbocycles. The second kappa shape index (κ2) is 27.0. The third-order valence-corrected chi connectivity index (χ3v) is 16.6. The van der Waals surface area contributed by atoms with Gasteiger partial charge in [0.1, 0.15) is 23.0 Å². The predicted molar refractivity (Wildman–Crippen MR) is 352 cm³/mol. The zero-order valence-corrected chi connectivity index (χ0v) is 51.9. The van der Waals surface area contributed by atoms with Gasteiger partial charge in [0, 0.05) is 58.8 Å². The molecule has 0 saturated heterocycles. The van der Waals surface area contributed by atoms with Crippen molar-refractivity contribution in [3.63, 3.8) is 0 Å². The number of aromatic hydroxyl groups is 4. The zero-order chi connectivity index (χ0) is 64.0. The Labute approximate surface area is 527 Å². The lowest BCUT2D eigenvalue weighted by atomic mass is 10.1. The molecule has 8 aromatic carbocycles. The molecule has 0 fully saturated rings. The summed E-state index contributed by atoms with van der Waals surface area (Å²) in [7, 11) is 0. The van der Waals surface area contributed by atoms with Crippen LogP contribution in [0.5, 0.6) is 23.0 Å². The van der Waals surface area contributed by atoms with Crippen LogP contribution in [0.2, 0.25) is 0 Å². The van der Waals surface area contributed by atoms with E-state index in [0.717, 1.165) is 44.3 Å². The molecule has 4 aromatic heterocycles. The van der Waals surface area contributed by atoms with Gasteiger partial charge in [0.05, 0.1) is 59.4 Å². The van der Waals surface area contributed by atoms with Gasteiger partial charge in [-0.15, -0.1) is 0 Å². The van der Waals surface area contributed by atoms with Gasteiger partial charge in [-0.05, 0) is 136 Å². The van der Waals surface area contributed by atoms with Crippen molar-refractivity contribution in [2.24, 2.45) is 17.2 Å². The van der Waals surface area contributed by atoms with Crippen LogP contribution in [0.4, 0.5) is 0 Å². The van der Waals surface area contributed by atoms with Crippen LogP contribution in [0, 0.1) is 27.7 Å². The number of aromatic nitrogens is 4. The number of benzene rings is 8. The smallest absolute Gasteiger partial charge is 0.289 e. The van der Waals surface area contributed by atoms with Gasteiger partial charge >= 0.3 is 0 Å². The summed E-state index contributed by atoms with van der Waals surface area (Å²) in [5.41, 5.74) is 26.4. The number of Topliss-reactive ketones (excluding diaryl/α,β-unsaturated/α-hetero) is 3. The standard InChI is InChI=1S/2C18H15BrN2O3.C18H16N2O3.C16H15NO/c1-10-14(17(23)18(20)24)15-13(22)8-7-12(19)16(15)21(10)9-11-5-3-2-4-6-11;1-10-14(17(23)18(20)24)15-13(8-7-12(19)16(15)22)21(10)9-11-5-3-2-4-6-11;1-11-15(17(22)18(19)23)16-13(8-5-9-14(16)21)20(11)10-12-6-3-2-4-7-12;1-12-10-14-15(8-5-9-16(14)18)17(12)11-13-6-3-2-4-7-13/h2*2-8,22H,9H2,1H3,(H2,20,24);2-9,21H,10H2,1H3,(H2,19,23);2-10,18H,11H2,1H3. The maximum Gasteiger partial charge on any atom is 0.289 e. The molecule has 0 bridgehead atoms. The number of amides is 3. The van der Waals surface area contributed by atoms with Crippen LogP contribution in [-0.2, 0) is 40.6 Å². The molecule has 450 valence electrons. The topological polar surface area (TPSA) is 281 Å². The first-order valence-corrected chi connectivity index (χ1v) is 29.4. The quantitative estimate of drug-likeness (QED) is 0.0399. The number of aryl methyl sites for hydroxylation is 1. The molecule has 3 amide bonds. The third-order valence-electron chi connectivity index (χ3n) is 15.4. The summed E-state index contributed by atoms with van der Waals surface area (Å²) < 4.78 is 9.09. The third kappa shape index (κ3) is 13.1. The molecule has 0 radical (unpaired) electrons. The van der Waals surface area contributed by atoms with Crippen molar-refractivity contribution in [2.75, 3.05) is 0 Å². The number of nitrogens with two attached hydrogens (primary N) is 3. The van der Waals surface area contributed by atoms with Gasteiger partial charge < -0.3 is 55.9 Å². The highest BCUT2D eigenvalue weighted by Gasteiger charge is 2.29. The molecule has 0 aliphatic heterocycles. The summed E-state index contributed by atoms with van der Waals surface area (Å²) in [6, 6.07) is 59.0. The van der Waals surface area contributed by atoms with Crippen molar-refractivity contribution < 1.29 is 49.2 Å². The molecule has 4 heterocycles. The average Bonchev–Trinajstić information content (AvgIpc) is 1.78. The Hall–Kier alpha value is -10.5. The summed E-state index contributed by atoms with van der Waals surface area (Å²) >= 11 is 6.72. The molecule has 0 unspecified atom stereocenters.